The van der Waals surface area contributed by atoms with Crippen LogP contribution in [0, 0.1) is 5.92 Å². The molecule has 0 bridgehead atoms. The Hall–Kier alpha value is -1.46. The second kappa shape index (κ2) is 6.34. The van der Waals surface area contributed by atoms with Gasteiger partial charge in [-0.15, -0.1) is 0 Å². The van der Waals surface area contributed by atoms with Gasteiger partial charge in [-0.2, -0.15) is 0 Å². The zero-order valence-corrected chi connectivity index (χ0v) is 12.9. The Balaban J connectivity index is 1.62. The molecule has 2 fully saturated rings. The first-order valence-electron chi connectivity index (χ1n) is 8.39. The molecule has 5 heteroatoms. The summed E-state index contributed by atoms with van der Waals surface area (Å²) in [5, 5.41) is 0. The third-order valence-electron chi connectivity index (χ3n) is 4.72. The van der Waals surface area contributed by atoms with E-state index >= 15 is 0 Å². The van der Waals surface area contributed by atoms with Gasteiger partial charge in [0.15, 0.2) is 5.65 Å². The molecule has 2 saturated heterocycles. The highest BCUT2D eigenvalue weighted by molar-refractivity contribution is 5.71. The number of ether oxygens (including phenoxy) is 2. The van der Waals surface area contributed by atoms with Crippen molar-refractivity contribution in [3.63, 3.8) is 0 Å². The van der Waals surface area contributed by atoms with E-state index in [-0.39, 0.29) is 0 Å². The molecule has 2 unspecified atom stereocenters. The minimum absolute atomic E-state index is 0.306. The minimum atomic E-state index is 0.306. The number of aromatic nitrogens is 3. The van der Waals surface area contributed by atoms with Gasteiger partial charge in [0.1, 0.15) is 11.3 Å². The second-order valence-corrected chi connectivity index (χ2v) is 6.41. The summed E-state index contributed by atoms with van der Waals surface area (Å²) in [5.41, 5.74) is 1.98. The van der Waals surface area contributed by atoms with Crippen LogP contribution in [-0.2, 0) is 22.4 Å². The second-order valence-electron chi connectivity index (χ2n) is 6.41. The van der Waals surface area contributed by atoms with Crippen LogP contribution in [0.25, 0.3) is 11.2 Å². The molecule has 2 aromatic rings. The summed E-state index contributed by atoms with van der Waals surface area (Å²) in [6.07, 6.45) is 7.83. The van der Waals surface area contributed by atoms with E-state index in [2.05, 4.69) is 15.6 Å². The van der Waals surface area contributed by atoms with Crippen molar-refractivity contribution in [1.82, 2.24) is 14.5 Å². The zero-order valence-electron chi connectivity index (χ0n) is 12.9. The number of hydrogen-bond acceptors (Lipinski definition) is 4. The van der Waals surface area contributed by atoms with E-state index in [1.54, 1.807) is 0 Å². The molecular formula is C17H23N3O2. The molecule has 22 heavy (non-hydrogen) atoms. The van der Waals surface area contributed by atoms with Crippen molar-refractivity contribution in [2.24, 2.45) is 5.92 Å². The molecule has 2 aliphatic heterocycles. The fourth-order valence-electron chi connectivity index (χ4n) is 3.57. The normalized spacial score (nSPS) is 25.8. The molecule has 0 saturated carbocycles. The van der Waals surface area contributed by atoms with Crippen LogP contribution in [-0.4, -0.2) is 40.5 Å². The first-order valence-corrected chi connectivity index (χ1v) is 8.39. The summed E-state index contributed by atoms with van der Waals surface area (Å²) < 4.78 is 13.7. The maximum absolute atomic E-state index is 5.82. The van der Waals surface area contributed by atoms with E-state index in [4.69, 9.17) is 14.5 Å². The quantitative estimate of drug-likeness (QED) is 0.871. The van der Waals surface area contributed by atoms with E-state index in [0.717, 1.165) is 69.0 Å². The van der Waals surface area contributed by atoms with Crippen LogP contribution < -0.4 is 0 Å². The van der Waals surface area contributed by atoms with Gasteiger partial charge in [-0.25, -0.2) is 9.97 Å². The number of pyridine rings is 1. The van der Waals surface area contributed by atoms with Crippen molar-refractivity contribution in [1.29, 1.82) is 0 Å². The predicted molar refractivity (Wildman–Crippen MR) is 83.7 cm³/mol. The lowest BCUT2D eigenvalue weighted by Crippen LogP contribution is -2.23. The molecule has 4 heterocycles. The monoisotopic (exact) mass is 301 g/mol. The third-order valence-corrected chi connectivity index (χ3v) is 4.72. The smallest absolute Gasteiger partial charge is 0.160 e. The van der Waals surface area contributed by atoms with Crippen LogP contribution >= 0.6 is 0 Å². The van der Waals surface area contributed by atoms with Crippen LogP contribution in [0.2, 0.25) is 0 Å². The Morgan fingerprint density at radius 2 is 2.18 bits per heavy atom. The number of hydrogen-bond donors (Lipinski definition) is 0. The lowest BCUT2D eigenvalue weighted by molar-refractivity contribution is 0.0534. The van der Waals surface area contributed by atoms with Gasteiger partial charge >= 0.3 is 0 Å². The molecule has 0 aromatic carbocycles. The van der Waals surface area contributed by atoms with Crippen molar-refractivity contribution in [3.05, 3.63) is 24.2 Å². The Bertz CT molecular complexity index is 628. The lowest BCUT2D eigenvalue weighted by atomic mass is 9.98. The van der Waals surface area contributed by atoms with Crippen LogP contribution in [0.5, 0.6) is 0 Å². The molecule has 5 nitrogen and oxygen atoms in total. The molecule has 0 N–H and O–H groups in total. The zero-order chi connectivity index (χ0) is 14.8. The molecule has 0 radical (unpaired) electrons. The van der Waals surface area contributed by atoms with Crippen molar-refractivity contribution >= 4 is 11.2 Å². The standard InChI is InChI=1S/C17H23N3O2/c1-6-15-17(18-7-1)20(11-14-5-3-9-22-14)16(19-15)10-13-4-2-8-21-12-13/h1,6-7,13-14H,2-5,8-12H2. The van der Waals surface area contributed by atoms with Gasteiger partial charge in [-0.1, -0.05) is 0 Å². The van der Waals surface area contributed by atoms with Crippen LogP contribution in [0.3, 0.4) is 0 Å². The van der Waals surface area contributed by atoms with E-state index in [0.29, 0.717) is 12.0 Å². The maximum atomic E-state index is 5.82. The molecule has 0 amide bonds. The molecular weight excluding hydrogens is 278 g/mol. The van der Waals surface area contributed by atoms with Crippen LogP contribution in [0.4, 0.5) is 0 Å². The van der Waals surface area contributed by atoms with Gasteiger partial charge in [0, 0.05) is 32.4 Å². The van der Waals surface area contributed by atoms with Gasteiger partial charge in [-0.05, 0) is 43.7 Å². The Labute approximate surface area is 130 Å². The van der Waals surface area contributed by atoms with Gasteiger partial charge in [0.25, 0.3) is 0 Å². The van der Waals surface area contributed by atoms with Gasteiger partial charge in [-0.3, -0.25) is 0 Å². The predicted octanol–water partition coefficient (Wildman–Crippen LogP) is 2.58. The number of nitrogens with zero attached hydrogens (tertiary/aromatic N) is 3. The van der Waals surface area contributed by atoms with Crippen molar-refractivity contribution in [2.75, 3.05) is 19.8 Å². The summed E-state index contributed by atoms with van der Waals surface area (Å²) in [6.45, 7) is 3.52. The Morgan fingerprint density at radius 3 is 3.00 bits per heavy atom. The Kier molecular flexibility index (Phi) is 4.08. The highest BCUT2D eigenvalue weighted by Crippen LogP contribution is 2.23. The number of fused-ring (bicyclic) bond motifs is 1. The summed E-state index contributed by atoms with van der Waals surface area (Å²) in [4.78, 5) is 9.39. The Morgan fingerprint density at radius 1 is 1.23 bits per heavy atom. The highest BCUT2D eigenvalue weighted by Gasteiger charge is 2.23. The summed E-state index contributed by atoms with van der Waals surface area (Å²) in [5.74, 6) is 1.72. The van der Waals surface area contributed by atoms with Gasteiger partial charge < -0.3 is 14.0 Å². The first kappa shape index (κ1) is 14.2. The van der Waals surface area contributed by atoms with Gasteiger partial charge in [0.05, 0.1) is 12.6 Å². The maximum Gasteiger partial charge on any atom is 0.160 e. The average molecular weight is 301 g/mol. The molecule has 2 atom stereocenters. The van der Waals surface area contributed by atoms with Crippen LogP contribution in [0.15, 0.2) is 18.3 Å². The van der Waals surface area contributed by atoms with Gasteiger partial charge in [0.2, 0.25) is 0 Å². The molecule has 2 aliphatic rings. The summed E-state index contributed by atoms with van der Waals surface area (Å²) >= 11 is 0. The van der Waals surface area contributed by atoms with Crippen molar-refractivity contribution in [2.45, 2.75) is 44.8 Å². The topological polar surface area (TPSA) is 49.2 Å². The highest BCUT2D eigenvalue weighted by atomic mass is 16.5. The third kappa shape index (κ3) is 2.88. The van der Waals surface area contributed by atoms with E-state index in [9.17, 15) is 0 Å². The lowest BCUT2D eigenvalue weighted by Gasteiger charge is -2.22. The molecule has 0 spiro atoms. The summed E-state index contributed by atoms with van der Waals surface area (Å²) in [6, 6.07) is 4.01. The SMILES string of the molecule is c1cnc2c(c1)nc(CC1CCCOC1)n2CC1CCCO1. The van der Waals surface area contributed by atoms with Crippen molar-refractivity contribution < 1.29 is 9.47 Å². The minimum Gasteiger partial charge on any atom is -0.381 e. The van der Waals surface area contributed by atoms with Crippen molar-refractivity contribution in [3.8, 4) is 0 Å². The summed E-state index contributed by atoms with van der Waals surface area (Å²) in [7, 11) is 0. The molecule has 0 aliphatic carbocycles. The number of imidazole rings is 1. The van der Waals surface area contributed by atoms with E-state index in [1.807, 2.05) is 12.3 Å². The first-order chi connectivity index (χ1) is 10.9. The van der Waals surface area contributed by atoms with Crippen LogP contribution in [0.1, 0.15) is 31.5 Å². The fraction of sp³-hybridized carbons (Fsp3) is 0.647. The number of rotatable bonds is 4. The average Bonchev–Trinajstić information content (AvgIpc) is 3.18. The van der Waals surface area contributed by atoms with E-state index in [1.165, 1.54) is 6.42 Å². The molecule has 2 aromatic heterocycles. The van der Waals surface area contributed by atoms with E-state index < -0.39 is 0 Å². The molecule has 4 rings (SSSR count). The fourth-order valence-corrected chi connectivity index (χ4v) is 3.57. The molecule has 118 valence electrons. The largest absolute Gasteiger partial charge is 0.381 e.